The van der Waals surface area contributed by atoms with Gasteiger partial charge in [-0.25, -0.2) is 8.78 Å². The van der Waals surface area contributed by atoms with E-state index >= 15 is 8.78 Å². The highest BCUT2D eigenvalue weighted by Gasteiger charge is 2.39. The van der Waals surface area contributed by atoms with Crippen LogP contribution in [0.5, 0.6) is 11.5 Å². The Hall–Kier alpha value is -6.13. The van der Waals surface area contributed by atoms with Crippen LogP contribution in [0, 0.1) is 39.3 Å². The van der Waals surface area contributed by atoms with Gasteiger partial charge in [0.15, 0.2) is 11.6 Å². The van der Waals surface area contributed by atoms with E-state index in [4.69, 9.17) is 37.3 Å². The molecule has 0 amide bonds. The summed E-state index contributed by atoms with van der Waals surface area (Å²) in [6.45, 7) is 28.2. The van der Waals surface area contributed by atoms with Crippen LogP contribution in [-0.4, -0.2) is 53.5 Å². The first-order valence-corrected chi connectivity index (χ1v) is 53.7. The molecule has 614 valence electrons. The molecule has 18 heteroatoms. The Labute approximate surface area is 702 Å². The molecule has 114 heavy (non-hydrogen) atoms. The second kappa shape index (κ2) is 42.5. The van der Waals surface area contributed by atoms with Crippen molar-refractivity contribution in [2.24, 2.45) is 0 Å². The number of furan rings is 2. The molecule has 0 unspecified atom stereocenters. The Morgan fingerprint density at radius 2 is 0.719 bits per heavy atom. The molecule has 0 spiro atoms. The monoisotopic (exact) mass is 1670 g/mol. The minimum absolute atomic E-state index is 0.188. The van der Waals surface area contributed by atoms with Crippen LogP contribution in [0.25, 0.3) is 118 Å². The van der Waals surface area contributed by atoms with Crippen molar-refractivity contribution in [3.63, 3.8) is 0 Å². The standard InChI is InChI=1S/C96H129F2N5O4S5Si2/c1-13-21-29-31-33-35-37-39-41-43-55-104-93-67(11)83(92-89(68(93)12)101-112-102-92)76-49-47-74(108-76)69-45-46-70(88(98)87(69)97)75-48-50-79(109-75)86-91-90(99-103-100-91)82(66(10)94(86)105-56-44-42-40-38-36-34-32-30-22-14-2)73-64-72-85(78-52-54-81(111-78)114(60-26-18-6,61-27-19-7)62-28-20-8)95-71(63-65(9)106-95)84(96(72)107-73)77-51-53-80(110-77)113(57-23-15-3,58-24-16-4)59-25-17-5/h45-54,63-64H,13-44,55-62H2,1-12H3,(H,99,100,103). The van der Waals surface area contributed by atoms with Gasteiger partial charge in [-0.1, -0.05) is 296 Å². The number of fused-ring (bicyclic) bond motifs is 4. The van der Waals surface area contributed by atoms with Gasteiger partial charge in [0.2, 0.25) is 0 Å². The highest BCUT2D eigenvalue weighted by atomic mass is 32.1. The number of hydrogen-bond donors (Lipinski definition) is 1. The summed E-state index contributed by atoms with van der Waals surface area (Å²) < 4.78 is 76.2. The van der Waals surface area contributed by atoms with E-state index in [9.17, 15) is 0 Å². The van der Waals surface area contributed by atoms with E-state index in [1.807, 2.05) is 46.9 Å². The molecule has 0 aliphatic rings. The van der Waals surface area contributed by atoms with Crippen molar-refractivity contribution in [3.8, 4) is 85.5 Å². The molecule has 8 aromatic heterocycles. The van der Waals surface area contributed by atoms with E-state index in [1.165, 1.54) is 254 Å². The van der Waals surface area contributed by atoms with Crippen LogP contribution in [0.2, 0.25) is 36.3 Å². The van der Waals surface area contributed by atoms with E-state index in [2.05, 4.69) is 125 Å². The molecule has 0 saturated heterocycles. The van der Waals surface area contributed by atoms with Gasteiger partial charge in [0.1, 0.15) is 56.3 Å². The molecule has 12 aromatic rings. The molecular formula is C96H129F2N5O4S5Si2. The number of aromatic nitrogens is 5. The van der Waals surface area contributed by atoms with Crippen molar-refractivity contribution in [2.45, 2.75) is 325 Å². The highest BCUT2D eigenvalue weighted by Crippen LogP contribution is 2.54. The number of unbranched alkanes of at least 4 members (excludes halogenated alkanes) is 24. The molecule has 9 nitrogen and oxygen atoms in total. The van der Waals surface area contributed by atoms with Gasteiger partial charge in [0.05, 0.1) is 52.2 Å². The summed E-state index contributed by atoms with van der Waals surface area (Å²) in [5.74, 6) is 1.30. The predicted octanol–water partition coefficient (Wildman–Crippen LogP) is 32.6. The number of nitrogens with zero attached hydrogens (tertiary/aromatic N) is 4. The number of H-pyrrole nitrogens is 1. The minimum atomic E-state index is -1.90. The van der Waals surface area contributed by atoms with Crippen LogP contribution in [0.15, 0.2) is 81.6 Å². The summed E-state index contributed by atoms with van der Waals surface area (Å²) in [7, 11) is -3.80. The topological polar surface area (TPSA) is 112 Å². The van der Waals surface area contributed by atoms with Crippen LogP contribution in [0.4, 0.5) is 8.78 Å². The lowest BCUT2D eigenvalue weighted by Gasteiger charge is -2.31. The molecule has 0 radical (unpaired) electrons. The number of hydrogen-bond acceptors (Lipinski definition) is 13. The molecule has 0 fully saturated rings. The van der Waals surface area contributed by atoms with Crippen molar-refractivity contribution >= 4 is 126 Å². The third-order valence-electron chi connectivity index (χ3n) is 24.5. The van der Waals surface area contributed by atoms with Gasteiger partial charge in [-0.15, -0.1) is 45.3 Å². The van der Waals surface area contributed by atoms with Crippen molar-refractivity contribution in [1.29, 1.82) is 0 Å². The van der Waals surface area contributed by atoms with Gasteiger partial charge in [-0.3, -0.25) is 0 Å². The molecule has 1 N–H and O–H groups in total. The lowest BCUT2D eigenvalue weighted by Crippen LogP contribution is -2.45. The zero-order valence-corrected chi connectivity index (χ0v) is 77.0. The maximum atomic E-state index is 17.3. The third kappa shape index (κ3) is 19.7. The third-order valence-corrected chi connectivity index (χ3v) is 42.7. The number of ether oxygens (including phenoxy) is 2. The summed E-state index contributed by atoms with van der Waals surface area (Å²) >= 11 is 8.09. The fourth-order valence-corrected chi connectivity index (χ4v) is 36.7. The van der Waals surface area contributed by atoms with E-state index in [0.717, 1.165) is 131 Å². The predicted molar refractivity (Wildman–Crippen MR) is 497 cm³/mol. The molecule has 8 heterocycles. The molecule has 0 saturated carbocycles. The number of aromatic amines is 1. The Balaban J connectivity index is 0.939. The van der Waals surface area contributed by atoms with E-state index in [1.54, 1.807) is 21.1 Å². The van der Waals surface area contributed by atoms with E-state index in [0.29, 0.717) is 45.5 Å². The van der Waals surface area contributed by atoms with E-state index < -0.39 is 27.8 Å². The van der Waals surface area contributed by atoms with Crippen LogP contribution in [0.1, 0.15) is 283 Å². The average molecular weight is 1670 g/mol. The fourth-order valence-electron chi connectivity index (χ4n) is 18.0. The van der Waals surface area contributed by atoms with Crippen molar-refractivity contribution < 1.29 is 27.1 Å². The van der Waals surface area contributed by atoms with Crippen molar-refractivity contribution in [3.05, 3.63) is 107 Å². The van der Waals surface area contributed by atoms with Crippen LogP contribution < -0.4 is 18.5 Å². The van der Waals surface area contributed by atoms with Crippen molar-refractivity contribution in [1.82, 2.24) is 24.2 Å². The first-order chi connectivity index (χ1) is 55.7. The number of aryl methyl sites for hydroxylation is 2. The highest BCUT2D eigenvalue weighted by molar-refractivity contribution is 7.30. The van der Waals surface area contributed by atoms with Crippen LogP contribution in [0.3, 0.4) is 0 Å². The van der Waals surface area contributed by atoms with Gasteiger partial charge in [-0.05, 0) is 110 Å². The summed E-state index contributed by atoms with van der Waals surface area (Å²) in [5.41, 5.74) is 12.6. The summed E-state index contributed by atoms with van der Waals surface area (Å²) in [5, 5.41) is 15.3. The van der Waals surface area contributed by atoms with Gasteiger partial charge < -0.3 is 18.3 Å². The van der Waals surface area contributed by atoms with Crippen LogP contribution in [-0.2, 0) is 0 Å². The molecule has 0 bridgehead atoms. The zero-order chi connectivity index (χ0) is 80.1. The van der Waals surface area contributed by atoms with Gasteiger partial charge in [-0.2, -0.15) is 24.2 Å². The Bertz CT molecular complexity index is 4880. The largest absolute Gasteiger partial charge is 0.493 e. The van der Waals surface area contributed by atoms with Gasteiger partial charge in [0.25, 0.3) is 0 Å². The minimum Gasteiger partial charge on any atom is -0.493 e. The summed E-state index contributed by atoms with van der Waals surface area (Å²) in [6, 6.07) is 33.7. The van der Waals surface area contributed by atoms with E-state index in [-0.39, 0.29) is 11.1 Å². The fraction of sp³-hybridized carbons (Fsp3) is 0.542. The number of rotatable bonds is 51. The summed E-state index contributed by atoms with van der Waals surface area (Å²) in [4.78, 5) is 5.37. The Morgan fingerprint density at radius 3 is 1.18 bits per heavy atom. The Kier molecular flexibility index (Phi) is 32.5. The molecule has 0 aliphatic carbocycles. The molecule has 0 atom stereocenters. The summed E-state index contributed by atoms with van der Waals surface area (Å²) in [6.07, 6.45) is 39.4. The SMILES string of the molecule is CCCCCCCCCCCCOc1c(C)c(-c2ccc(-c3ccc(-c4ccc(-c5c(OCCCCCCCCCCCC)c(C)c(-c6cc7c(-c8ccc([Si](CCCC)(CCCC)CCCC)s8)c8oc(C)cc8c(-c8ccc([Si](CCCC)(CCCC)CCCC)s8)c7o6)c6n[nH]nc56)s4)c(F)c3F)s2)c2nsnc2c1C. The molecule has 12 rings (SSSR count). The lowest BCUT2D eigenvalue weighted by atomic mass is 9.96. The smallest absolute Gasteiger partial charge is 0.168 e. The molecule has 0 aliphatic heterocycles. The number of nitrogens with one attached hydrogen (secondary N) is 1. The second-order valence-electron chi connectivity index (χ2n) is 33.0. The molecular weight excluding hydrogens is 1540 g/mol. The first kappa shape index (κ1) is 87.2. The zero-order valence-electron chi connectivity index (χ0n) is 70.9. The molecule has 4 aromatic carbocycles. The van der Waals surface area contributed by atoms with Gasteiger partial charge >= 0.3 is 0 Å². The van der Waals surface area contributed by atoms with Crippen LogP contribution >= 0.6 is 57.1 Å². The number of thiophene rings is 4. The maximum Gasteiger partial charge on any atom is 0.168 e. The second-order valence-corrected chi connectivity index (χ2v) is 47.8. The maximum absolute atomic E-state index is 17.3. The number of benzene rings is 4. The van der Waals surface area contributed by atoms with Gasteiger partial charge in [0, 0.05) is 84.5 Å². The Morgan fingerprint density at radius 1 is 0.351 bits per heavy atom. The number of halogens is 2. The first-order valence-electron chi connectivity index (χ1n) is 44.5. The average Bonchev–Trinajstić information content (AvgIpc) is 1.50. The van der Waals surface area contributed by atoms with Crippen molar-refractivity contribution in [2.75, 3.05) is 13.2 Å². The normalized spacial score (nSPS) is 12.3. The lowest BCUT2D eigenvalue weighted by molar-refractivity contribution is 0.301. The quantitative estimate of drug-likeness (QED) is 0.0296.